The van der Waals surface area contributed by atoms with Crippen molar-refractivity contribution in [2.75, 3.05) is 26.2 Å². The van der Waals surface area contributed by atoms with E-state index in [9.17, 15) is 4.79 Å². The molecule has 0 spiro atoms. The second-order valence-electron chi connectivity index (χ2n) is 6.57. The van der Waals surface area contributed by atoms with Gasteiger partial charge in [-0.3, -0.25) is 4.79 Å². The predicted octanol–water partition coefficient (Wildman–Crippen LogP) is 3.41. The lowest BCUT2D eigenvalue weighted by Crippen LogP contribution is -2.39. The largest absolute Gasteiger partial charge is 0.357 e. The molecule has 1 aromatic rings. The molecule has 1 aliphatic rings. The van der Waals surface area contributed by atoms with E-state index in [-0.39, 0.29) is 36.4 Å². The van der Waals surface area contributed by atoms with E-state index < -0.39 is 0 Å². The molecule has 0 aromatic heterocycles. The number of halogens is 1. The average molecular weight is 484 g/mol. The van der Waals surface area contributed by atoms with Gasteiger partial charge in [0.05, 0.1) is 0 Å². The Hall–Kier alpha value is -1.57. The Labute approximate surface area is 180 Å². The zero-order valence-electron chi connectivity index (χ0n) is 16.3. The molecular formula is C21H33IN4O. The van der Waals surface area contributed by atoms with Crippen molar-refractivity contribution in [3.05, 3.63) is 47.5 Å². The standard InChI is InChI=1S/C21H32N4O.HI/c1-2-22-21(24-16-14-19-11-7-4-8-12-19)25-17-20(26)23-15-13-18-9-5-3-6-10-18;/h3,5-6,9-11H,2,4,7-8,12-17H2,1H3,(H,23,26)(H2,22,24,25);1H. The van der Waals surface area contributed by atoms with E-state index in [2.05, 4.69) is 39.2 Å². The maximum atomic E-state index is 12.0. The summed E-state index contributed by atoms with van der Waals surface area (Å²) >= 11 is 0. The lowest BCUT2D eigenvalue weighted by atomic mass is 9.97. The quantitative estimate of drug-likeness (QED) is 0.218. The minimum absolute atomic E-state index is 0. The van der Waals surface area contributed by atoms with Crippen LogP contribution in [0, 0.1) is 0 Å². The molecule has 27 heavy (non-hydrogen) atoms. The van der Waals surface area contributed by atoms with Crippen molar-refractivity contribution in [2.45, 2.75) is 45.4 Å². The fourth-order valence-electron chi connectivity index (χ4n) is 3.01. The average Bonchev–Trinajstić information content (AvgIpc) is 2.68. The lowest BCUT2D eigenvalue weighted by Gasteiger charge is -2.15. The number of rotatable bonds is 9. The number of amides is 1. The second-order valence-corrected chi connectivity index (χ2v) is 6.57. The van der Waals surface area contributed by atoms with E-state index in [0.717, 1.165) is 25.9 Å². The third-order valence-electron chi connectivity index (χ3n) is 4.43. The molecule has 0 radical (unpaired) electrons. The van der Waals surface area contributed by atoms with Crippen molar-refractivity contribution in [1.29, 1.82) is 0 Å². The molecule has 1 amide bonds. The number of nitrogens with zero attached hydrogens (tertiary/aromatic N) is 1. The van der Waals surface area contributed by atoms with Crippen molar-refractivity contribution in [1.82, 2.24) is 16.0 Å². The Bertz CT molecular complexity index is 601. The highest BCUT2D eigenvalue weighted by molar-refractivity contribution is 14.0. The number of aliphatic imine (C=N–C) groups is 1. The number of benzene rings is 1. The highest BCUT2D eigenvalue weighted by atomic mass is 127. The molecule has 0 fully saturated rings. The van der Waals surface area contributed by atoms with Gasteiger partial charge in [-0.25, -0.2) is 4.99 Å². The van der Waals surface area contributed by atoms with Gasteiger partial charge in [-0.05, 0) is 51.0 Å². The molecule has 0 heterocycles. The SMILES string of the molecule is CCNC(=NCC(=O)NCCc1ccccc1)NCCC1=CCCCC1.I. The monoisotopic (exact) mass is 484 g/mol. The van der Waals surface area contributed by atoms with Crippen LogP contribution >= 0.6 is 24.0 Å². The van der Waals surface area contributed by atoms with Gasteiger partial charge in [-0.15, -0.1) is 24.0 Å². The van der Waals surface area contributed by atoms with Crippen LogP contribution in [0.4, 0.5) is 0 Å². The van der Waals surface area contributed by atoms with E-state index >= 15 is 0 Å². The molecule has 0 aliphatic heterocycles. The molecule has 0 unspecified atom stereocenters. The van der Waals surface area contributed by atoms with Crippen LogP contribution in [0.3, 0.4) is 0 Å². The number of hydrogen-bond donors (Lipinski definition) is 3. The van der Waals surface area contributed by atoms with Crippen molar-refractivity contribution < 1.29 is 4.79 Å². The van der Waals surface area contributed by atoms with E-state index in [0.29, 0.717) is 12.5 Å². The first-order valence-corrected chi connectivity index (χ1v) is 9.78. The fraction of sp³-hybridized carbons (Fsp3) is 0.524. The molecule has 5 nitrogen and oxygen atoms in total. The van der Waals surface area contributed by atoms with Gasteiger partial charge in [-0.2, -0.15) is 0 Å². The molecule has 2 rings (SSSR count). The van der Waals surface area contributed by atoms with E-state index in [1.54, 1.807) is 5.57 Å². The Kier molecular flexibility index (Phi) is 12.6. The van der Waals surface area contributed by atoms with Gasteiger partial charge in [-0.1, -0.05) is 42.0 Å². The minimum atomic E-state index is -0.0480. The molecule has 0 saturated carbocycles. The first-order valence-electron chi connectivity index (χ1n) is 9.78. The van der Waals surface area contributed by atoms with Crippen LogP contribution in [0.2, 0.25) is 0 Å². The third-order valence-corrected chi connectivity index (χ3v) is 4.43. The van der Waals surface area contributed by atoms with Crippen molar-refractivity contribution >= 4 is 35.8 Å². The van der Waals surface area contributed by atoms with Crippen LogP contribution in [-0.4, -0.2) is 38.0 Å². The number of guanidine groups is 1. The summed E-state index contributed by atoms with van der Waals surface area (Å²) < 4.78 is 0. The number of hydrogen-bond acceptors (Lipinski definition) is 2. The molecule has 1 aromatic carbocycles. The minimum Gasteiger partial charge on any atom is -0.357 e. The van der Waals surface area contributed by atoms with Gasteiger partial charge < -0.3 is 16.0 Å². The van der Waals surface area contributed by atoms with Crippen LogP contribution in [0.15, 0.2) is 47.0 Å². The van der Waals surface area contributed by atoms with Gasteiger partial charge >= 0.3 is 0 Å². The Balaban J connectivity index is 0.00000364. The van der Waals surface area contributed by atoms with Gasteiger partial charge in [0.25, 0.3) is 0 Å². The molecule has 0 atom stereocenters. The van der Waals surface area contributed by atoms with Gasteiger partial charge in [0, 0.05) is 19.6 Å². The Morgan fingerprint density at radius 3 is 2.52 bits per heavy atom. The first kappa shape index (κ1) is 23.5. The molecule has 1 aliphatic carbocycles. The summed E-state index contributed by atoms with van der Waals surface area (Å²) in [5, 5.41) is 9.45. The topological polar surface area (TPSA) is 65.5 Å². The van der Waals surface area contributed by atoms with E-state index in [4.69, 9.17) is 0 Å². The number of carbonyl (C=O) groups excluding carboxylic acids is 1. The second kappa shape index (κ2) is 14.5. The number of allylic oxidation sites excluding steroid dienone is 1. The summed E-state index contributed by atoms with van der Waals surface area (Å²) in [5.41, 5.74) is 2.77. The van der Waals surface area contributed by atoms with Gasteiger partial charge in [0.2, 0.25) is 5.91 Å². The Morgan fingerprint density at radius 1 is 1.04 bits per heavy atom. The van der Waals surface area contributed by atoms with E-state index in [1.807, 2.05) is 25.1 Å². The van der Waals surface area contributed by atoms with Crippen molar-refractivity contribution in [2.24, 2.45) is 4.99 Å². The summed E-state index contributed by atoms with van der Waals surface area (Å²) in [6, 6.07) is 10.2. The smallest absolute Gasteiger partial charge is 0.241 e. The summed E-state index contributed by atoms with van der Waals surface area (Å²) in [7, 11) is 0. The first-order chi connectivity index (χ1) is 12.8. The molecule has 0 saturated heterocycles. The summed E-state index contributed by atoms with van der Waals surface area (Å²) in [6.45, 7) is 4.45. The van der Waals surface area contributed by atoms with Crippen LogP contribution in [0.25, 0.3) is 0 Å². The molecule has 150 valence electrons. The summed E-state index contributed by atoms with van der Waals surface area (Å²) in [5.74, 6) is 0.662. The zero-order valence-corrected chi connectivity index (χ0v) is 18.6. The zero-order chi connectivity index (χ0) is 18.5. The highest BCUT2D eigenvalue weighted by Crippen LogP contribution is 2.19. The van der Waals surface area contributed by atoms with Crippen molar-refractivity contribution in [3.63, 3.8) is 0 Å². The van der Waals surface area contributed by atoms with Gasteiger partial charge in [0.15, 0.2) is 5.96 Å². The maximum Gasteiger partial charge on any atom is 0.241 e. The predicted molar refractivity (Wildman–Crippen MR) is 124 cm³/mol. The molecule has 0 bridgehead atoms. The third kappa shape index (κ3) is 10.4. The Morgan fingerprint density at radius 2 is 1.81 bits per heavy atom. The molecule has 6 heteroatoms. The van der Waals surface area contributed by atoms with Crippen LogP contribution in [0.5, 0.6) is 0 Å². The van der Waals surface area contributed by atoms with Crippen LogP contribution in [-0.2, 0) is 11.2 Å². The number of carbonyl (C=O) groups is 1. The van der Waals surface area contributed by atoms with E-state index in [1.165, 1.54) is 31.2 Å². The van der Waals surface area contributed by atoms with Gasteiger partial charge in [0.1, 0.15) is 6.54 Å². The molecule has 3 N–H and O–H groups in total. The van der Waals surface area contributed by atoms with Crippen LogP contribution in [0.1, 0.15) is 44.6 Å². The highest BCUT2D eigenvalue weighted by Gasteiger charge is 2.05. The molecular weight excluding hydrogens is 451 g/mol. The summed E-state index contributed by atoms with van der Waals surface area (Å²) in [6.07, 6.45) is 9.32. The summed E-state index contributed by atoms with van der Waals surface area (Å²) in [4.78, 5) is 16.4. The maximum absolute atomic E-state index is 12.0. The number of nitrogens with one attached hydrogen (secondary N) is 3. The normalized spacial score (nSPS) is 14.0. The fourth-order valence-corrected chi connectivity index (χ4v) is 3.01. The van der Waals surface area contributed by atoms with Crippen LogP contribution < -0.4 is 16.0 Å². The lowest BCUT2D eigenvalue weighted by molar-refractivity contribution is -0.119. The van der Waals surface area contributed by atoms with Crippen molar-refractivity contribution in [3.8, 4) is 0 Å².